The molecule has 0 aromatic rings. The summed E-state index contributed by atoms with van der Waals surface area (Å²) < 4.78 is 22.2. The van der Waals surface area contributed by atoms with Crippen molar-refractivity contribution in [3.8, 4) is 0 Å². The zero-order valence-corrected chi connectivity index (χ0v) is 10.5. The van der Waals surface area contributed by atoms with Crippen LogP contribution in [0.15, 0.2) is 0 Å². The van der Waals surface area contributed by atoms with Gasteiger partial charge in [-0.15, -0.1) is 0 Å². The number of aliphatic carboxylic acids is 1. The molecule has 0 fully saturated rings. The molecular formula is C5H14O10P2. The number of carboxylic acid groups (broad SMARTS) is 1. The van der Waals surface area contributed by atoms with Crippen LogP contribution < -0.4 is 0 Å². The maximum atomic E-state index is 10.0. The molecule has 104 valence electrons. The van der Waals surface area contributed by atoms with Crippen LogP contribution in [0.1, 0.15) is 13.3 Å². The molecule has 0 aliphatic carbocycles. The van der Waals surface area contributed by atoms with Gasteiger partial charge in [-0.2, -0.15) is 4.31 Å². The molecule has 0 amide bonds. The number of rotatable bonds is 5. The third kappa shape index (κ3) is 15.7. The summed E-state index contributed by atoms with van der Waals surface area (Å²) in [4.78, 5) is 41.0. The van der Waals surface area contributed by atoms with E-state index in [-0.39, 0.29) is 6.61 Å². The highest BCUT2D eigenvalue weighted by atomic mass is 31.3. The predicted molar refractivity (Wildman–Crippen MR) is 53.7 cm³/mol. The van der Waals surface area contributed by atoms with Crippen LogP contribution in [0.2, 0.25) is 0 Å². The van der Waals surface area contributed by atoms with Crippen LogP contribution in [0.5, 0.6) is 0 Å². The molecule has 0 radical (unpaired) electrons. The second-order valence-corrected chi connectivity index (χ2v) is 5.30. The van der Waals surface area contributed by atoms with Crippen molar-refractivity contribution < 1.29 is 48.0 Å². The van der Waals surface area contributed by atoms with Gasteiger partial charge in [0.1, 0.15) is 0 Å². The molecule has 10 nitrogen and oxygen atoms in total. The van der Waals surface area contributed by atoms with E-state index in [4.69, 9.17) is 29.8 Å². The molecule has 0 aromatic heterocycles. The molecule has 0 saturated carbocycles. The molecule has 0 bridgehead atoms. The Bertz CT molecular complexity index is 291. The number of phosphoric acid groups is 2. The van der Waals surface area contributed by atoms with E-state index < -0.39 is 27.5 Å². The largest absolute Gasteiger partial charge is 0.481 e. The number of hydrogen-bond donors (Lipinski definition) is 6. The van der Waals surface area contributed by atoms with Crippen LogP contribution >= 0.6 is 15.6 Å². The third-order valence-corrected chi connectivity index (χ3v) is 2.98. The molecule has 17 heavy (non-hydrogen) atoms. The van der Waals surface area contributed by atoms with E-state index in [1.165, 1.54) is 0 Å². The highest BCUT2D eigenvalue weighted by Gasteiger charge is 2.27. The first-order valence-electron chi connectivity index (χ1n) is 4.09. The van der Waals surface area contributed by atoms with E-state index in [9.17, 15) is 13.9 Å². The van der Waals surface area contributed by atoms with Crippen LogP contribution in [0.25, 0.3) is 0 Å². The normalized spacial score (nSPS) is 13.5. The molecule has 6 N–H and O–H groups in total. The first-order chi connectivity index (χ1) is 7.43. The minimum absolute atomic E-state index is 0.258. The van der Waals surface area contributed by atoms with Gasteiger partial charge in [0.15, 0.2) is 0 Å². The number of carbonyl (C=O) groups is 1. The fourth-order valence-electron chi connectivity index (χ4n) is 0.520. The summed E-state index contributed by atoms with van der Waals surface area (Å²) in [6.45, 7) is 1.47. The van der Waals surface area contributed by atoms with Gasteiger partial charge in [-0.05, 0) is 6.42 Å². The Balaban J connectivity index is 0. The summed E-state index contributed by atoms with van der Waals surface area (Å²) in [6, 6.07) is 0. The Hall–Kier alpha value is -0.310. The number of aliphatic hydroxyl groups excluding tert-OH is 1. The van der Waals surface area contributed by atoms with Gasteiger partial charge in [-0.1, -0.05) is 6.92 Å². The van der Waals surface area contributed by atoms with Crippen molar-refractivity contribution in [1.82, 2.24) is 0 Å². The molecular weight excluding hydrogens is 282 g/mol. The van der Waals surface area contributed by atoms with E-state index in [0.29, 0.717) is 6.42 Å². The van der Waals surface area contributed by atoms with Gasteiger partial charge >= 0.3 is 21.6 Å². The van der Waals surface area contributed by atoms with Crippen molar-refractivity contribution in [1.29, 1.82) is 0 Å². The van der Waals surface area contributed by atoms with E-state index in [0.717, 1.165) is 0 Å². The van der Waals surface area contributed by atoms with Gasteiger partial charge in [0.25, 0.3) is 0 Å². The Morgan fingerprint density at radius 2 is 1.53 bits per heavy atom. The highest BCUT2D eigenvalue weighted by molar-refractivity contribution is 7.60. The van der Waals surface area contributed by atoms with Crippen molar-refractivity contribution in [2.45, 2.75) is 13.3 Å². The monoisotopic (exact) mass is 296 g/mol. The molecule has 0 aliphatic rings. The van der Waals surface area contributed by atoms with Crippen LogP contribution in [-0.4, -0.2) is 42.4 Å². The molecule has 0 rings (SSSR count). The second-order valence-electron chi connectivity index (χ2n) is 2.69. The minimum Gasteiger partial charge on any atom is -0.481 e. The van der Waals surface area contributed by atoms with Crippen molar-refractivity contribution in [2.24, 2.45) is 5.92 Å². The van der Waals surface area contributed by atoms with Crippen LogP contribution in [0.3, 0.4) is 0 Å². The summed E-state index contributed by atoms with van der Waals surface area (Å²) >= 11 is 0. The lowest BCUT2D eigenvalue weighted by atomic mass is 10.1. The molecule has 12 heteroatoms. The fraction of sp³-hybridized carbons (Fsp3) is 0.800. The van der Waals surface area contributed by atoms with Crippen molar-refractivity contribution in [2.75, 3.05) is 6.61 Å². The zero-order valence-electron chi connectivity index (χ0n) is 8.70. The quantitative estimate of drug-likeness (QED) is 0.354. The summed E-state index contributed by atoms with van der Waals surface area (Å²) in [5.74, 6) is -1.50. The van der Waals surface area contributed by atoms with Crippen molar-refractivity contribution in [3.63, 3.8) is 0 Å². The van der Waals surface area contributed by atoms with Crippen LogP contribution in [0, 0.1) is 5.92 Å². The summed E-state index contributed by atoms with van der Waals surface area (Å²) in [6.07, 6.45) is 0.492. The van der Waals surface area contributed by atoms with E-state index in [1.54, 1.807) is 6.92 Å². The van der Waals surface area contributed by atoms with E-state index in [2.05, 4.69) is 4.31 Å². The topological polar surface area (TPSA) is 182 Å². The third-order valence-electron chi connectivity index (χ3n) is 1.28. The lowest BCUT2D eigenvalue weighted by Gasteiger charge is -2.03. The van der Waals surface area contributed by atoms with Gasteiger partial charge in [-0.3, -0.25) is 4.79 Å². The molecule has 0 aromatic carbocycles. The lowest BCUT2D eigenvalue weighted by Crippen LogP contribution is -2.16. The standard InChI is InChI=1S/C5H10O3.H4O7P2/c1-2-4(3-6)5(7)8;1-8(2,3)7-9(4,5)6/h4,6H,2-3H2,1H3,(H,7,8);(H2,1,2,3)(H2,4,5,6). The van der Waals surface area contributed by atoms with Crippen LogP contribution in [0.4, 0.5) is 0 Å². The molecule has 0 aliphatic heterocycles. The molecule has 0 spiro atoms. The Morgan fingerprint density at radius 3 is 1.53 bits per heavy atom. The Morgan fingerprint density at radius 1 is 1.18 bits per heavy atom. The SMILES string of the molecule is CCC(CO)C(=O)O.O=P(O)(O)OP(=O)(O)O. The van der Waals surface area contributed by atoms with Crippen LogP contribution in [-0.2, 0) is 18.2 Å². The van der Waals surface area contributed by atoms with Gasteiger partial charge in [0.05, 0.1) is 12.5 Å². The molecule has 1 unspecified atom stereocenters. The number of hydrogen-bond acceptors (Lipinski definition) is 5. The van der Waals surface area contributed by atoms with E-state index >= 15 is 0 Å². The summed E-state index contributed by atoms with van der Waals surface area (Å²) in [5.41, 5.74) is 0. The highest BCUT2D eigenvalue weighted by Crippen LogP contribution is 2.53. The van der Waals surface area contributed by atoms with Gasteiger partial charge in [-0.25, -0.2) is 9.13 Å². The predicted octanol–water partition coefficient (Wildman–Crippen LogP) is -0.722. The maximum Gasteiger partial charge on any atom is 0.478 e. The van der Waals surface area contributed by atoms with Crippen molar-refractivity contribution in [3.05, 3.63) is 0 Å². The summed E-state index contributed by atoms with van der Waals surface area (Å²) in [5, 5.41) is 16.5. The Kier molecular flexibility index (Phi) is 8.86. The molecule has 0 heterocycles. The Labute approximate surface area is 96.3 Å². The van der Waals surface area contributed by atoms with Gasteiger partial charge < -0.3 is 29.8 Å². The van der Waals surface area contributed by atoms with Gasteiger partial charge in [0, 0.05) is 0 Å². The average Bonchev–Trinajstić information content (AvgIpc) is 1.99. The smallest absolute Gasteiger partial charge is 0.478 e. The average molecular weight is 296 g/mol. The number of aliphatic hydroxyl groups is 1. The van der Waals surface area contributed by atoms with Crippen molar-refractivity contribution >= 4 is 21.6 Å². The fourth-order valence-corrected chi connectivity index (χ4v) is 1.63. The first-order valence-corrected chi connectivity index (χ1v) is 7.15. The zero-order chi connectivity index (χ0) is 14.3. The number of carboxylic acids is 1. The molecule has 1 atom stereocenters. The van der Waals surface area contributed by atoms with E-state index in [1.807, 2.05) is 0 Å². The van der Waals surface area contributed by atoms with Gasteiger partial charge in [0.2, 0.25) is 0 Å². The first kappa shape index (κ1) is 19.0. The lowest BCUT2D eigenvalue weighted by molar-refractivity contribution is -0.143. The minimum atomic E-state index is -5.05. The maximum absolute atomic E-state index is 10.0. The molecule has 0 saturated heterocycles. The second kappa shape index (κ2) is 7.91. The summed E-state index contributed by atoms with van der Waals surface area (Å²) in [7, 11) is -10.1.